The van der Waals surface area contributed by atoms with Gasteiger partial charge in [-0.25, -0.2) is 4.98 Å². The summed E-state index contributed by atoms with van der Waals surface area (Å²) in [5.41, 5.74) is 9.14. The van der Waals surface area contributed by atoms with Crippen molar-refractivity contribution in [3.05, 3.63) is 30.4 Å². The molecule has 2 heterocycles. The second-order valence-corrected chi connectivity index (χ2v) is 4.53. The Hall–Kier alpha value is -2.04. The molecule has 19 heavy (non-hydrogen) atoms. The van der Waals surface area contributed by atoms with Gasteiger partial charge in [0, 0.05) is 31.8 Å². The largest absolute Gasteiger partial charge is 0.383 e. The molecule has 0 fully saturated rings. The van der Waals surface area contributed by atoms with E-state index in [2.05, 4.69) is 30.5 Å². The average molecular weight is 259 g/mol. The lowest BCUT2D eigenvalue weighted by molar-refractivity contribution is 0.746. The molecule has 0 saturated carbocycles. The zero-order chi connectivity index (χ0) is 14.0. The Morgan fingerprint density at radius 1 is 1.37 bits per heavy atom. The van der Waals surface area contributed by atoms with E-state index in [-0.39, 0.29) is 0 Å². The highest BCUT2D eigenvalue weighted by atomic mass is 15.3. The third-order valence-corrected chi connectivity index (χ3v) is 3.21. The van der Waals surface area contributed by atoms with Crippen LogP contribution in [0.4, 0.5) is 5.82 Å². The zero-order valence-electron chi connectivity index (χ0n) is 11.8. The molecule has 2 aromatic rings. The minimum atomic E-state index is 0.684. The van der Waals surface area contributed by atoms with Crippen LogP contribution >= 0.6 is 0 Å². The van der Waals surface area contributed by atoms with Crippen LogP contribution in [0, 0.1) is 0 Å². The fourth-order valence-electron chi connectivity index (χ4n) is 2.31. The highest BCUT2D eigenvalue weighted by molar-refractivity contribution is 5.72. The van der Waals surface area contributed by atoms with Crippen molar-refractivity contribution < 1.29 is 0 Å². The van der Waals surface area contributed by atoms with Crippen LogP contribution in [0.15, 0.2) is 18.9 Å². The summed E-state index contributed by atoms with van der Waals surface area (Å²) in [5, 5.41) is 4.45. The Kier molecular flexibility index (Phi) is 3.74. The summed E-state index contributed by atoms with van der Waals surface area (Å²) in [6.07, 6.45) is 5.53. The quantitative estimate of drug-likeness (QED) is 0.837. The minimum absolute atomic E-state index is 0.684. The van der Waals surface area contributed by atoms with E-state index in [1.807, 2.05) is 28.6 Å². The number of nitrogens with zero attached hydrogens (tertiary/aromatic N) is 4. The Balaban J connectivity index is 2.58. The molecule has 0 aliphatic heterocycles. The van der Waals surface area contributed by atoms with E-state index in [0.717, 1.165) is 35.6 Å². The maximum absolute atomic E-state index is 6.25. The number of hydrogen-bond acceptors (Lipinski definition) is 3. The second-order valence-electron chi connectivity index (χ2n) is 4.53. The predicted molar refractivity (Wildman–Crippen MR) is 77.8 cm³/mol. The van der Waals surface area contributed by atoms with Crippen molar-refractivity contribution in [2.24, 2.45) is 7.05 Å². The fraction of sp³-hybridized carbons (Fsp3) is 0.429. The van der Waals surface area contributed by atoms with Gasteiger partial charge in [0.25, 0.3) is 0 Å². The molecule has 0 aliphatic carbocycles. The molecule has 0 aliphatic rings. The van der Waals surface area contributed by atoms with Crippen molar-refractivity contribution in [3.63, 3.8) is 0 Å². The van der Waals surface area contributed by atoms with Gasteiger partial charge >= 0.3 is 0 Å². The molecule has 0 unspecified atom stereocenters. The topological polar surface area (TPSA) is 61.7 Å². The normalized spacial score (nSPS) is 10.9. The van der Waals surface area contributed by atoms with Crippen molar-refractivity contribution in [2.75, 3.05) is 5.73 Å². The van der Waals surface area contributed by atoms with Crippen molar-refractivity contribution in [1.82, 2.24) is 19.3 Å². The van der Waals surface area contributed by atoms with Gasteiger partial charge in [0.2, 0.25) is 0 Å². The number of anilines is 1. The molecule has 5 nitrogen and oxygen atoms in total. The lowest BCUT2D eigenvalue weighted by atomic mass is 10.1. The van der Waals surface area contributed by atoms with Gasteiger partial charge in [-0.2, -0.15) is 5.10 Å². The molecule has 2 rings (SSSR count). The smallest absolute Gasteiger partial charge is 0.132 e. The number of nitrogen functional groups attached to an aromatic ring is 1. The Bertz CT molecular complexity index is 591. The number of nitrogens with two attached hydrogens (primary N) is 1. The van der Waals surface area contributed by atoms with Crippen LogP contribution in [0.1, 0.15) is 25.4 Å². The Labute approximate surface area is 113 Å². The molecule has 102 valence electrons. The van der Waals surface area contributed by atoms with E-state index in [1.165, 1.54) is 0 Å². The van der Waals surface area contributed by atoms with Crippen LogP contribution in [0.3, 0.4) is 0 Å². The predicted octanol–water partition coefficient (Wildman–Crippen LogP) is 2.18. The van der Waals surface area contributed by atoms with E-state index in [9.17, 15) is 0 Å². The number of aryl methyl sites for hydroxylation is 3. The first-order valence-electron chi connectivity index (χ1n) is 6.60. The van der Waals surface area contributed by atoms with Crippen LogP contribution in [0.5, 0.6) is 0 Å². The van der Waals surface area contributed by atoms with Crippen LogP contribution in [-0.2, 0) is 26.4 Å². The van der Waals surface area contributed by atoms with Gasteiger partial charge in [-0.05, 0) is 6.42 Å². The summed E-state index contributed by atoms with van der Waals surface area (Å²) in [4.78, 5) is 4.68. The van der Waals surface area contributed by atoms with Gasteiger partial charge in [-0.1, -0.05) is 19.9 Å². The van der Waals surface area contributed by atoms with Crippen molar-refractivity contribution in [1.29, 1.82) is 0 Å². The molecule has 0 saturated heterocycles. The Morgan fingerprint density at radius 2 is 2.11 bits per heavy atom. The fourth-order valence-corrected chi connectivity index (χ4v) is 2.31. The lowest BCUT2D eigenvalue weighted by Crippen LogP contribution is -2.05. The first kappa shape index (κ1) is 13.4. The summed E-state index contributed by atoms with van der Waals surface area (Å²) < 4.78 is 3.82. The Morgan fingerprint density at radius 3 is 2.68 bits per heavy atom. The van der Waals surface area contributed by atoms with Gasteiger partial charge in [-0.3, -0.25) is 4.68 Å². The number of imidazole rings is 1. The minimum Gasteiger partial charge on any atom is -0.383 e. The lowest BCUT2D eigenvalue weighted by Gasteiger charge is -2.04. The summed E-state index contributed by atoms with van der Waals surface area (Å²) in [5.74, 6) is 1.68. The summed E-state index contributed by atoms with van der Waals surface area (Å²) in [6, 6.07) is 0. The highest BCUT2D eigenvalue weighted by Gasteiger charge is 2.18. The number of allylic oxidation sites excluding steroid dienone is 1. The van der Waals surface area contributed by atoms with E-state index >= 15 is 0 Å². The van der Waals surface area contributed by atoms with Crippen LogP contribution in [0.25, 0.3) is 11.3 Å². The molecule has 0 spiro atoms. The maximum atomic E-state index is 6.25. The molecule has 0 radical (unpaired) electrons. The molecule has 0 atom stereocenters. The van der Waals surface area contributed by atoms with Gasteiger partial charge in [-0.15, -0.1) is 6.58 Å². The molecule has 2 N–H and O–H groups in total. The molecule has 5 heteroatoms. The monoisotopic (exact) mass is 259 g/mol. The molecular weight excluding hydrogens is 238 g/mol. The molecule has 0 amide bonds. The van der Waals surface area contributed by atoms with E-state index in [4.69, 9.17) is 5.73 Å². The third kappa shape index (κ3) is 2.28. The first-order valence-corrected chi connectivity index (χ1v) is 6.60. The zero-order valence-corrected chi connectivity index (χ0v) is 11.8. The molecular formula is C14H21N5. The van der Waals surface area contributed by atoms with Crippen molar-refractivity contribution in [3.8, 4) is 11.3 Å². The summed E-state index contributed by atoms with van der Waals surface area (Å²) in [6.45, 7) is 8.62. The van der Waals surface area contributed by atoms with Gasteiger partial charge in [0.05, 0.1) is 5.69 Å². The second kappa shape index (κ2) is 5.30. The number of hydrogen-bond donors (Lipinski definition) is 1. The van der Waals surface area contributed by atoms with Crippen molar-refractivity contribution in [2.45, 2.75) is 33.2 Å². The van der Waals surface area contributed by atoms with Gasteiger partial charge in [0.15, 0.2) is 0 Å². The SMILES string of the molecule is C=CCn1c(CC)nc(-c2cn(C)nc2CC)c1N. The summed E-state index contributed by atoms with van der Waals surface area (Å²) in [7, 11) is 1.92. The van der Waals surface area contributed by atoms with E-state index in [0.29, 0.717) is 12.4 Å². The third-order valence-electron chi connectivity index (χ3n) is 3.21. The molecule has 2 aromatic heterocycles. The van der Waals surface area contributed by atoms with Crippen molar-refractivity contribution >= 4 is 5.82 Å². The van der Waals surface area contributed by atoms with E-state index < -0.39 is 0 Å². The molecule has 0 bridgehead atoms. The van der Waals surface area contributed by atoms with E-state index in [1.54, 1.807) is 0 Å². The van der Waals surface area contributed by atoms with Gasteiger partial charge in [0.1, 0.15) is 17.3 Å². The standard InChI is InChI=1S/C14H21N5/c1-5-8-19-12(7-3)16-13(14(19)15)10-9-18(4)17-11(10)6-2/h5,9H,1,6-8,15H2,2-4H3. The number of rotatable bonds is 5. The average Bonchev–Trinajstić information content (AvgIpc) is 2.91. The maximum Gasteiger partial charge on any atom is 0.132 e. The van der Waals surface area contributed by atoms with Crippen LogP contribution < -0.4 is 5.73 Å². The number of aromatic nitrogens is 4. The summed E-state index contributed by atoms with van der Waals surface area (Å²) >= 11 is 0. The van der Waals surface area contributed by atoms with Gasteiger partial charge < -0.3 is 10.3 Å². The first-order chi connectivity index (χ1) is 9.12. The highest BCUT2D eigenvalue weighted by Crippen LogP contribution is 2.29. The van der Waals surface area contributed by atoms with Crippen LogP contribution in [-0.4, -0.2) is 19.3 Å². The van der Waals surface area contributed by atoms with Crippen LogP contribution in [0.2, 0.25) is 0 Å². The molecule has 0 aromatic carbocycles.